The van der Waals surface area contributed by atoms with Crippen molar-refractivity contribution in [3.05, 3.63) is 66.5 Å². The molecule has 1 fully saturated rings. The average Bonchev–Trinajstić information content (AvgIpc) is 3.04. The molecule has 1 aliphatic rings. The van der Waals surface area contributed by atoms with Crippen LogP contribution in [0.3, 0.4) is 0 Å². The third-order valence-electron chi connectivity index (χ3n) is 5.78. The Hall–Kier alpha value is -2.13. The van der Waals surface area contributed by atoms with E-state index in [1.54, 1.807) is 0 Å². The van der Waals surface area contributed by atoms with Gasteiger partial charge in [0.2, 0.25) is 0 Å². The third kappa shape index (κ3) is 2.63. The molecule has 1 aliphatic heterocycles. The van der Waals surface area contributed by atoms with Gasteiger partial charge in [-0.15, -0.1) is 0 Å². The lowest BCUT2D eigenvalue weighted by Crippen LogP contribution is -2.49. The minimum absolute atomic E-state index is 0.128. The first kappa shape index (κ1) is 15.4. The number of likely N-dealkylation sites (tertiary alicyclic amines) is 1. The summed E-state index contributed by atoms with van der Waals surface area (Å²) in [6, 6.07) is 19.3. The lowest BCUT2D eigenvalue weighted by molar-refractivity contribution is 0.0627. The van der Waals surface area contributed by atoms with Crippen LogP contribution in [0, 0.1) is 5.92 Å². The molecule has 0 aliphatic carbocycles. The van der Waals surface area contributed by atoms with E-state index in [1.807, 2.05) is 6.33 Å². The van der Waals surface area contributed by atoms with E-state index in [4.69, 9.17) is 0 Å². The second kappa shape index (κ2) is 6.06. The third-order valence-corrected chi connectivity index (χ3v) is 5.78. The van der Waals surface area contributed by atoms with E-state index in [0.29, 0.717) is 5.92 Å². The molecule has 0 saturated carbocycles. The molecule has 0 spiro atoms. The lowest BCUT2D eigenvalue weighted by atomic mass is 9.80. The van der Waals surface area contributed by atoms with Crippen LogP contribution in [0.2, 0.25) is 0 Å². The molecular weight excluding hydrogens is 294 g/mol. The quantitative estimate of drug-likeness (QED) is 0.718. The Morgan fingerprint density at radius 2 is 1.83 bits per heavy atom. The monoisotopic (exact) mass is 319 g/mol. The Balaban J connectivity index is 1.56. The maximum absolute atomic E-state index is 4.61. The van der Waals surface area contributed by atoms with Gasteiger partial charge in [-0.25, -0.2) is 4.98 Å². The number of hydrogen-bond donors (Lipinski definition) is 0. The van der Waals surface area contributed by atoms with E-state index in [1.165, 1.54) is 11.1 Å². The predicted molar refractivity (Wildman–Crippen MR) is 98.9 cm³/mol. The fourth-order valence-electron chi connectivity index (χ4n) is 4.02. The average molecular weight is 319 g/mol. The molecule has 124 valence electrons. The zero-order chi connectivity index (χ0) is 16.6. The number of fused-ring (bicyclic) bond motifs is 1. The SMILES string of the molecule is CC1CN(Cc2ccccc2)CCC1(C)n1cnc2ccccc21. The number of para-hydroxylation sites is 2. The molecule has 0 bridgehead atoms. The fourth-order valence-corrected chi connectivity index (χ4v) is 4.02. The van der Waals surface area contributed by atoms with Crippen molar-refractivity contribution in [3.63, 3.8) is 0 Å². The van der Waals surface area contributed by atoms with E-state index in [0.717, 1.165) is 31.6 Å². The van der Waals surface area contributed by atoms with Gasteiger partial charge in [0.1, 0.15) is 0 Å². The van der Waals surface area contributed by atoms with Crippen molar-refractivity contribution >= 4 is 11.0 Å². The van der Waals surface area contributed by atoms with Crippen LogP contribution in [0.25, 0.3) is 11.0 Å². The number of rotatable bonds is 3. The van der Waals surface area contributed by atoms with Gasteiger partial charge < -0.3 is 4.57 Å². The van der Waals surface area contributed by atoms with E-state index in [-0.39, 0.29) is 5.54 Å². The van der Waals surface area contributed by atoms with Crippen molar-refractivity contribution in [1.82, 2.24) is 14.5 Å². The Bertz CT molecular complexity index is 823. The van der Waals surface area contributed by atoms with Crippen LogP contribution in [0.1, 0.15) is 25.8 Å². The Labute approximate surface area is 143 Å². The molecule has 2 heterocycles. The topological polar surface area (TPSA) is 21.1 Å². The second-order valence-corrected chi connectivity index (χ2v) is 7.33. The van der Waals surface area contributed by atoms with Gasteiger partial charge in [0, 0.05) is 25.2 Å². The number of nitrogens with zero attached hydrogens (tertiary/aromatic N) is 3. The first-order valence-corrected chi connectivity index (χ1v) is 8.86. The predicted octanol–water partition coefficient (Wildman–Crippen LogP) is 4.29. The van der Waals surface area contributed by atoms with Gasteiger partial charge in [0.25, 0.3) is 0 Å². The van der Waals surface area contributed by atoms with Gasteiger partial charge in [0.15, 0.2) is 0 Å². The highest BCUT2D eigenvalue weighted by Gasteiger charge is 2.38. The summed E-state index contributed by atoms with van der Waals surface area (Å²) < 4.78 is 2.41. The summed E-state index contributed by atoms with van der Waals surface area (Å²) >= 11 is 0. The summed E-state index contributed by atoms with van der Waals surface area (Å²) in [5.74, 6) is 0.576. The van der Waals surface area contributed by atoms with Crippen LogP contribution in [0.15, 0.2) is 60.9 Å². The molecule has 2 unspecified atom stereocenters. The first-order chi connectivity index (χ1) is 11.7. The second-order valence-electron chi connectivity index (χ2n) is 7.33. The highest BCUT2D eigenvalue weighted by Crippen LogP contribution is 2.37. The zero-order valence-electron chi connectivity index (χ0n) is 14.5. The van der Waals surface area contributed by atoms with E-state index in [9.17, 15) is 0 Å². The van der Waals surface area contributed by atoms with Gasteiger partial charge in [-0.1, -0.05) is 49.4 Å². The molecule has 1 saturated heterocycles. The van der Waals surface area contributed by atoms with Crippen LogP contribution in [0.4, 0.5) is 0 Å². The molecule has 1 aromatic heterocycles. The van der Waals surface area contributed by atoms with Crippen LogP contribution in [0.5, 0.6) is 0 Å². The maximum atomic E-state index is 4.61. The van der Waals surface area contributed by atoms with Gasteiger partial charge in [-0.3, -0.25) is 4.90 Å². The van der Waals surface area contributed by atoms with Crippen molar-refractivity contribution < 1.29 is 0 Å². The van der Waals surface area contributed by atoms with Crippen LogP contribution in [-0.2, 0) is 12.1 Å². The minimum Gasteiger partial charge on any atom is -0.324 e. The highest BCUT2D eigenvalue weighted by atomic mass is 15.2. The molecule has 24 heavy (non-hydrogen) atoms. The van der Waals surface area contributed by atoms with Crippen molar-refractivity contribution in [2.45, 2.75) is 32.4 Å². The van der Waals surface area contributed by atoms with E-state index in [2.05, 4.69) is 82.9 Å². The van der Waals surface area contributed by atoms with Crippen LogP contribution < -0.4 is 0 Å². The van der Waals surface area contributed by atoms with Crippen molar-refractivity contribution in [2.75, 3.05) is 13.1 Å². The van der Waals surface area contributed by atoms with Crippen molar-refractivity contribution in [3.8, 4) is 0 Å². The standard InChI is InChI=1S/C21H25N3/c1-17-14-23(15-18-8-4-3-5-9-18)13-12-21(17,2)24-16-22-19-10-6-7-11-20(19)24/h3-11,16-17H,12-15H2,1-2H3. The summed E-state index contributed by atoms with van der Waals surface area (Å²) in [7, 11) is 0. The molecule has 2 aromatic carbocycles. The molecule has 3 nitrogen and oxygen atoms in total. The highest BCUT2D eigenvalue weighted by molar-refractivity contribution is 5.75. The molecule has 0 N–H and O–H groups in total. The summed E-state index contributed by atoms with van der Waals surface area (Å²) in [6.07, 6.45) is 3.19. The number of aromatic nitrogens is 2. The maximum Gasteiger partial charge on any atom is 0.0963 e. The number of benzene rings is 2. The molecular formula is C21H25N3. The molecule has 3 aromatic rings. The van der Waals surface area contributed by atoms with E-state index >= 15 is 0 Å². The van der Waals surface area contributed by atoms with E-state index < -0.39 is 0 Å². The van der Waals surface area contributed by atoms with Crippen LogP contribution >= 0.6 is 0 Å². The number of piperidine rings is 1. The Morgan fingerprint density at radius 1 is 1.08 bits per heavy atom. The van der Waals surface area contributed by atoms with Gasteiger partial charge in [-0.05, 0) is 37.0 Å². The molecule has 0 amide bonds. The Morgan fingerprint density at radius 3 is 2.62 bits per heavy atom. The number of imidazole rings is 1. The molecule has 4 rings (SSSR count). The van der Waals surface area contributed by atoms with Gasteiger partial charge in [-0.2, -0.15) is 0 Å². The smallest absolute Gasteiger partial charge is 0.0963 e. The molecule has 0 radical (unpaired) electrons. The molecule has 2 atom stereocenters. The molecule has 3 heteroatoms. The summed E-state index contributed by atoms with van der Waals surface area (Å²) in [4.78, 5) is 7.19. The first-order valence-electron chi connectivity index (χ1n) is 8.86. The summed E-state index contributed by atoms with van der Waals surface area (Å²) in [5, 5.41) is 0. The summed E-state index contributed by atoms with van der Waals surface area (Å²) in [6.45, 7) is 8.07. The van der Waals surface area contributed by atoms with Crippen molar-refractivity contribution in [1.29, 1.82) is 0 Å². The number of hydrogen-bond acceptors (Lipinski definition) is 2. The Kier molecular flexibility index (Phi) is 3.89. The van der Waals surface area contributed by atoms with Crippen molar-refractivity contribution in [2.24, 2.45) is 5.92 Å². The minimum atomic E-state index is 0.128. The normalized spacial score (nSPS) is 25.2. The zero-order valence-corrected chi connectivity index (χ0v) is 14.5. The van der Waals surface area contributed by atoms with Crippen LogP contribution in [-0.4, -0.2) is 27.5 Å². The van der Waals surface area contributed by atoms with Gasteiger partial charge in [0.05, 0.1) is 17.4 Å². The lowest BCUT2D eigenvalue weighted by Gasteiger charge is -2.45. The van der Waals surface area contributed by atoms with Gasteiger partial charge >= 0.3 is 0 Å². The fraction of sp³-hybridized carbons (Fsp3) is 0.381. The summed E-state index contributed by atoms with van der Waals surface area (Å²) in [5.41, 5.74) is 3.88. The largest absolute Gasteiger partial charge is 0.324 e.